The van der Waals surface area contributed by atoms with Crippen LogP contribution in [0.5, 0.6) is 0 Å². The van der Waals surface area contributed by atoms with Crippen LogP contribution < -0.4 is 0 Å². The van der Waals surface area contributed by atoms with Gasteiger partial charge in [-0.25, -0.2) is 4.57 Å². The van der Waals surface area contributed by atoms with Crippen LogP contribution in [-0.2, 0) is 32.3 Å². The van der Waals surface area contributed by atoms with Gasteiger partial charge in [0.15, 0.2) is 0 Å². The topological polar surface area (TPSA) is 72.5 Å². The molecular weight excluding hydrogens is 287 g/mol. The molecule has 0 aromatic rings. The van der Waals surface area contributed by atoms with Crippen molar-refractivity contribution in [2.24, 2.45) is 0 Å². The van der Waals surface area contributed by atoms with Gasteiger partial charge in [-0.1, -0.05) is 0 Å². The standard InChI is InChI=1S/C12H21O7P/c13-20(17-10-1-4-14-7-10,18-11-2-5-15-8-11)19-12-3-6-16-9-12/h10-12H,1-9H2. The molecule has 3 saturated heterocycles. The molecule has 3 atom stereocenters. The number of rotatable bonds is 6. The van der Waals surface area contributed by atoms with Crippen molar-refractivity contribution in [3.63, 3.8) is 0 Å². The highest BCUT2D eigenvalue weighted by Gasteiger charge is 2.39. The Morgan fingerprint density at radius 3 is 1.30 bits per heavy atom. The Kier molecular flexibility index (Phi) is 5.09. The molecule has 0 amide bonds. The van der Waals surface area contributed by atoms with E-state index in [1.54, 1.807) is 0 Å². The van der Waals surface area contributed by atoms with E-state index in [0.29, 0.717) is 58.9 Å². The highest BCUT2D eigenvalue weighted by Crippen LogP contribution is 2.54. The Labute approximate surface area is 118 Å². The summed E-state index contributed by atoms with van der Waals surface area (Å²) in [6, 6.07) is 0. The first-order valence-electron chi connectivity index (χ1n) is 7.12. The molecule has 8 heteroatoms. The second-order valence-electron chi connectivity index (χ2n) is 5.22. The molecule has 0 N–H and O–H groups in total. The lowest BCUT2D eigenvalue weighted by atomic mass is 10.3. The summed E-state index contributed by atoms with van der Waals surface area (Å²) >= 11 is 0. The number of hydrogen-bond donors (Lipinski definition) is 0. The van der Waals surface area contributed by atoms with Gasteiger partial charge in [0.25, 0.3) is 0 Å². The molecule has 0 aromatic carbocycles. The summed E-state index contributed by atoms with van der Waals surface area (Å²) in [5.74, 6) is 0. The summed E-state index contributed by atoms with van der Waals surface area (Å²) in [6.07, 6.45) is 1.43. The van der Waals surface area contributed by atoms with Crippen LogP contribution in [0.2, 0.25) is 0 Å². The van der Waals surface area contributed by atoms with Crippen molar-refractivity contribution in [3.8, 4) is 0 Å². The Morgan fingerprint density at radius 1 is 0.700 bits per heavy atom. The lowest BCUT2D eigenvalue weighted by Crippen LogP contribution is -2.21. The summed E-state index contributed by atoms with van der Waals surface area (Å²) in [4.78, 5) is 0. The minimum absolute atomic E-state index is 0.231. The zero-order valence-corrected chi connectivity index (χ0v) is 12.3. The number of phosphoric acid groups is 1. The van der Waals surface area contributed by atoms with Gasteiger partial charge in [-0.15, -0.1) is 0 Å². The van der Waals surface area contributed by atoms with E-state index in [-0.39, 0.29) is 18.3 Å². The van der Waals surface area contributed by atoms with E-state index in [0.717, 1.165) is 0 Å². The Bertz CT molecular complexity index is 293. The molecule has 3 rings (SSSR count). The highest BCUT2D eigenvalue weighted by molar-refractivity contribution is 7.48. The number of ether oxygens (including phenoxy) is 3. The van der Waals surface area contributed by atoms with Crippen LogP contribution >= 0.6 is 7.82 Å². The SMILES string of the molecule is O=P(OC1CCOC1)(OC1CCOC1)OC1CCOC1. The summed E-state index contributed by atoms with van der Waals surface area (Å²) in [5, 5.41) is 0. The van der Waals surface area contributed by atoms with Gasteiger partial charge in [-0.05, 0) is 19.3 Å². The van der Waals surface area contributed by atoms with Gasteiger partial charge in [0.2, 0.25) is 0 Å². The van der Waals surface area contributed by atoms with Crippen molar-refractivity contribution >= 4 is 7.82 Å². The fourth-order valence-electron chi connectivity index (χ4n) is 2.41. The lowest BCUT2D eigenvalue weighted by molar-refractivity contribution is 0.0219. The maximum atomic E-state index is 12.8. The maximum Gasteiger partial charge on any atom is 0.475 e. The third-order valence-corrected chi connectivity index (χ3v) is 5.17. The third kappa shape index (κ3) is 4.01. The zero-order valence-electron chi connectivity index (χ0n) is 11.4. The van der Waals surface area contributed by atoms with Gasteiger partial charge in [0.1, 0.15) is 0 Å². The molecule has 0 aliphatic carbocycles. The van der Waals surface area contributed by atoms with Crippen molar-refractivity contribution in [3.05, 3.63) is 0 Å². The van der Waals surface area contributed by atoms with Crippen molar-refractivity contribution in [1.82, 2.24) is 0 Å². The lowest BCUT2D eigenvalue weighted by Gasteiger charge is -2.25. The molecule has 0 bridgehead atoms. The molecule has 116 valence electrons. The molecule has 3 fully saturated rings. The van der Waals surface area contributed by atoms with E-state index in [1.807, 2.05) is 0 Å². The maximum absolute atomic E-state index is 12.8. The smallest absolute Gasteiger partial charge is 0.379 e. The van der Waals surface area contributed by atoms with Crippen LogP contribution in [0.4, 0.5) is 0 Å². The molecule has 0 saturated carbocycles. The summed E-state index contributed by atoms with van der Waals surface area (Å²) in [7, 11) is -3.61. The van der Waals surface area contributed by atoms with Crippen molar-refractivity contribution in [1.29, 1.82) is 0 Å². The van der Waals surface area contributed by atoms with E-state index in [4.69, 9.17) is 27.8 Å². The fraction of sp³-hybridized carbons (Fsp3) is 1.00. The molecule has 3 aliphatic heterocycles. The molecule has 3 aliphatic rings. The molecule has 20 heavy (non-hydrogen) atoms. The van der Waals surface area contributed by atoms with Gasteiger partial charge >= 0.3 is 7.82 Å². The van der Waals surface area contributed by atoms with Crippen LogP contribution in [0.25, 0.3) is 0 Å². The largest absolute Gasteiger partial charge is 0.475 e. The normalized spacial score (nSPS) is 37.3. The van der Waals surface area contributed by atoms with E-state index in [2.05, 4.69) is 0 Å². The average Bonchev–Trinajstić information content (AvgIpc) is 3.11. The Morgan fingerprint density at radius 2 is 1.05 bits per heavy atom. The molecular formula is C12H21O7P. The van der Waals surface area contributed by atoms with Crippen molar-refractivity contribution < 1.29 is 32.3 Å². The van der Waals surface area contributed by atoms with E-state index >= 15 is 0 Å². The predicted octanol–water partition coefficient (Wildman–Crippen LogP) is 1.51. The zero-order chi connectivity index (χ0) is 13.8. The minimum atomic E-state index is -3.61. The molecule has 0 radical (unpaired) electrons. The first kappa shape index (κ1) is 14.9. The van der Waals surface area contributed by atoms with E-state index in [1.165, 1.54) is 0 Å². The highest BCUT2D eigenvalue weighted by atomic mass is 31.2. The van der Waals surface area contributed by atoms with Crippen LogP contribution in [0.3, 0.4) is 0 Å². The van der Waals surface area contributed by atoms with Crippen LogP contribution in [-0.4, -0.2) is 58.0 Å². The predicted molar refractivity (Wildman–Crippen MR) is 68.5 cm³/mol. The molecule has 3 heterocycles. The van der Waals surface area contributed by atoms with Crippen molar-refractivity contribution in [2.75, 3.05) is 39.6 Å². The van der Waals surface area contributed by atoms with Gasteiger partial charge in [-0.3, -0.25) is 13.6 Å². The first-order chi connectivity index (χ1) is 9.73. The van der Waals surface area contributed by atoms with Gasteiger partial charge in [0.05, 0.1) is 38.1 Å². The van der Waals surface area contributed by atoms with Gasteiger partial charge in [0, 0.05) is 19.8 Å². The van der Waals surface area contributed by atoms with Crippen molar-refractivity contribution in [2.45, 2.75) is 37.6 Å². The summed E-state index contributed by atoms with van der Waals surface area (Å²) in [6.45, 7) is 3.13. The number of hydrogen-bond acceptors (Lipinski definition) is 7. The van der Waals surface area contributed by atoms with Gasteiger partial charge < -0.3 is 14.2 Å². The monoisotopic (exact) mass is 308 g/mol. The number of phosphoric ester groups is 1. The second kappa shape index (κ2) is 6.83. The Balaban J connectivity index is 1.61. The average molecular weight is 308 g/mol. The van der Waals surface area contributed by atoms with Gasteiger partial charge in [-0.2, -0.15) is 0 Å². The third-order valence-electron chi connectivity index (χ3n) is 3.50. The summed E-state index contributed by atoms with van der Waals surface area (Å²) in [5.41, 5.74) is 0. The van der Waals surface area contributed by atoms with E-state index in [9.17, 15) is 4.57 Å². The molecule has 3 unspecified atom stereocenters. The molecule has 0 aromatic heterocycles. The van der Waals surface area contributed by atoms with Crippen LogP contribution in [0.1, 0.15) is 19.3 Å². The molecule has 7 nitrogen and oxygen atoms in total. The Hall–Kier alpha value is -0.0100. The first-order valence-corrected chi connectivity index (χ1v) is 8.58. The summed E-state index contributed by atoms with van der Waals surface area (Å²) < 4.78 is 45.4. The second-order valence-corrected chi connectivity index (χ2v) is 6.75. The minimum Gasteiger partial charge on any atom is -0.379 e. The molecule has 0 spiro atoms. The van der Waals surface area contributed by atoms with Crippen LogP contribution in [0.15, 0.2) is 0 Å². The van der Waals surface area contributed by atoms with Crippen LogP contribution in [0, 0.1) is 0 Å². The fourth-order valence-corrected chi connectivity index (χ4v) is 4.15. The quantitative estimate of drug-likeness (QED) is 0.689. The van der Waals surface area contributed by atoms with E-state index < -0.39 is 7.82 Å².